The Morgan fingerprint density at radius 1 is 1.37 bits per heavy atom. The summed E-state index contributed by atoms with van der Waals surface area (Å²) < 4.78 is 4.90. The quantitative estimate of drug-likeness (QED) is 0.568. The summed E-state index contributed by atoms with van der Waals surface area (Å²) in [5, 5.41) is 4.61. The summed E-state index contributed by atoms with van der Waals surface area (Å²) in [4.78, 5) is 11.6. The second-order valence-corrected chi connectivity index (χ2v) is 6.26. The van der Waals surface area contributed by atoms with Gasteiger partial charge in [-0.1, -0.05) is 23.2 Å². The van der Waals surface area contributed by atoms with Crippen LogP contribution in [0.25, 0.3) is 0 Å². The molecule has 0 fully saturated rings. The molecule has 0 aliphatic carbocycles. The lowest BCUT2D eigenvalue weighted by molar-refractivity contribution is 0.101. The van der Waals surface area contributed by atoms with Crippen LogP contribution in [0, 0.1) is 6.92 Å². The summed E-state index contributed by atoms with van der Waals surface area (Å²) in [6.07, 6.45) is 0. The van der Waals surface area contributed by atoms with E-state index in [0.717, 1.165) is 4.47 Å². The van der Waals surface area contributed by atoms with E-state index in [4.69, 9.17) is 23.2 Å². The number of nitrogens with zero attached hydrogens (tertiary/aromatic N) is 1. The molecule has 19 heavy (non-hydrogen) atoms. The molecule has 0 atom stereocenters. The van der Waals surface area contributed by atoms with E-state index in [9.17, 15) is 4.79 Å². The lowest BCUT2D eigenvalue weighted by atomic mass is 10.2. The minimum Gasteiger partial charge on any atom is -0.344 e. The van der Waals surface area contributed by atoms with Gasteiger partial charge in [-0.2, -0.15) is 4.37 Å². The number of rotatable bonds is 3. The van der Waals surface area contributed by atoms with Crippen LogP contribution in [0.5, 0.6) is 0 Å². The van der Waals surface area contributed by atoms with Crippen LogP contribution in [0.3, 0.4) is 0 Å². The summed E-state index contributed by atoms with van der Waals surface area (Å²) in [6, 6.07) is 3.58. The molecule has 0 saturated carbocycles. The molecular weight excluding hydrogens is 371 g/mol. The molecule has 0 bridgehead atoms. The SMILES string of the molecule is CC(=O)c1c(C)nsc1Nc1ccc(Br)c(Cl)c1Cl. The number of anilines is 2. The number of aromatic nitrogens is 1. The van der Waals surface area contributed by atoms with Crippen molar-refractivity contribution in [1.29, 1.82) is 0 Å². The highest BCUT2D eigenvalue weighted by Gasteiger charge is 2.17. The molecule has 7 heteroatoms. The number of benzene rings is 1. The predicted molar refractivity (Wildman–Crippen MR) is 84.3 cm³/mol. The van der Waals surface area contributed by atoms with Gasteiger partial charge in [-0.25, -0.2) is 0 Å². The maximum Gasteiger partial charge on any atom is 0.164 e. The number of hydrogen-bond donors (Lipinski definition) is 1. The normalized spacial score (nSPS) is 10.6. The Hall–Kier alpha value is -0.620. The van der Waals surface area contributed by atoms with Crippen molar-refractivity contribution in [2.24, 2.45) is 0 Å². The van der Waals surface area contributed by atoms with Gasteiger partial charge >= 0.3 is 0 Å². The summed E-state index contributed by atoms with van der Waals surface area (Å²) in [5.41, 5.74) is 1.93. The van der Waals surface area contributed by atoms with E-state index in [2.05, 4.69) is 25.6 Å². The molecule has 1 aromatic heterocycles. The van der Waals surface area contributed by atoms with E-state index < -0.39 is 0 Å². The second-order valence-electron chi connectivity index (χ2n) is 3.88. The molecule has 2 rings (SSSR count). The van der Waals surface area contributed by atoms with Crippen LogP contribution < -0.4 is 5.32 Å². The van der Waals surface area contributed by atoms with Gasteiger partial charge in [-0.05, 0) is 53.4 Å². The van der Waals surface area contributed by atoms with Crippen molar-refractivity contribution in [3.8, 4) is 0 Å². The lowest BCUT2D eigenvalue weighted by Crippen LogP contribution is -1.99. The van der Waals surface area contributed by atoms with Crippen molar-refractivity contribution in [2.45, 2.75) is 13.8 Å². The van der Waals surface area contributed by atoms with Gasteiger partial charge in [-0.15, -0.1) is 0 Å². The number of ketones is 1. The van der Waals surface area contributed by atoms with E-state index in [1.54, 1.807) is 19.1 Å². The molecule has 1 aromatic carbocycles. The standard InChI is InChI=1S/C12H9BrCl2N2OS/c1-5-9(6(2)18)12(19-17-5)16-8-4-3-7(13)10(14)11(8)15/h3-4,16H,1-2H3. The van der Waals surface area contributed by atoms with Crippen LogP contribution in [0.4, 0.5) is 10.7 Å². The van der Waals surface area contributed by atoms with E-state index in [1.165, 1.54) is 18.5 Å². The Balaban J connectivity index is 2.43. The van der Waals surface area contributed by atoms with Crippen molar-refractivity contribution in [3.63, 3.8) is 0 Å². The smallest absolute Gasteiger partial charge is 0.164 e. The predicted octanol–water partition coefficient (Wildman–Crippen LogP) is 5.47. The van der Waals surface area contributed by atoms with Crippen LogP contribution in [-0.2, 0) is 0 Å². The van der Waals surface area contributed by atoms with Crippen LogP contribution in [0.2, 0.25) is 10.0 Å². The van der Waals surface area contributed by atoms with Gasteiger partial charge < -0.3 is 5.32 Å². The van der Waals surface area contributed by atoms with Gasteiger partial charge in [0.2, 0.25) is 0 Å². The van der Waals surface area contributed by atoms with Crippen LogP contribution in [0.1, 0.15) is 23.0 Å². The average molecular weight is 380 g/mol. The highest BCUT2D eigenvalue weighted by molar-refractivity contribution is 9.10. The zero-order chi connectivity index (χ0) is 14.2. The fraction of sp³-hybridized carbons (Fsp3) is 0.167. The largest absolute Gasteiger partial charge is 0.344 e. The molecule has 2 aromatic rings. The molecule has 0 saturated heterocycles. The third-order valence-electron chi connectivity index (χ3n) is 2.50. The minimum atomic E-state index is -0.0342. The van der Waals surface area contributed by atoms with Crippen molar-refractivity contribution >= 4 is 67.1 Å². The lowest BCUT2D eigenvalue weighted by Gasteiger charge is -2.09. The minimum absolute atomic E-state index is 0.0342. The number of hydrogen-bond acceptors (Lipinski definition) is 4. The number of halogens is 3. The van der Waals surface area contributed by atoms with Gasteiger partial charge in [0.15, 0.2) is 5.78 Å². The van der Waals surface area contributed by atoms with Crippen molar-refractivity contribution in [1.82, 2.24) is 4.37 Å². The fourth-order valence-corrected chi connectivity index (χ4v) is 3.29. The van der Waals surface area contributed by atoms with Gasteiger partial charge in [0, 0.05) is 4.47 Å². The molecule has 0 aliphatic heterocycles. The van der Waals surface area contributed by atoms with Gasteiger partial charge in [0.05, 0.1) is 27.0 Å². The zero-order valence-electron chi connectivity index (χ0n) is 10.1. The third kappa shape index (κ3) is 2.94. The maximum atomic E-state index is 11.6. The molecule has 0 unspecified atom stereocenters. The number of Topliss-reactive ketones (excluding diaryl/α,β-unsaturated/α-hetero) is 1. The Morgan fingerprint density at radius 2 is 2.05 bits per heavy atom. The van der Waals surface area contributed by atoms with Crippen LogP contribution >= 0.6 is 50.7 Å². The third-order valence-corrected chi connectivity index (χ3v) is 5.12. The fourth-order valence-electron chi connectivity index (χ4n) is 1.61. The summed E-state index contributed by atoms with van der Waals surface area (Å²) in [7, 11) is 0. The first kappa shape index (κ1) is 14.8. The van der Waals surface area contributed by atoms with Crippen molar-refractivity contribution < 1.29 is 4.79 Å². The molecule has 100 valence electrons. The first-order valence-electron chi connectivity index (χ1n) is 5.29. The molecule has 0 aliphatic rings. The monoisotopic (exact) mass is 378 g/mol. The number of aryl methyl sites for hydroxylation is 1. The van der Waals surface area contributed by atoms with Crippen molar-refractivity contribution in [3.05, 3.63) is 37.9 Å². The average Bonchev–Trinajstić information content (AvgIpc) is 2.71. The number of nitrogens with one attached hydrogen (secondary N) is 1. The summed E-state index contributed by atoms with van der Waals surface area (Å²) in [6.45, 7) is 3.31. The van der Waals surface area contributed by atoms with Crippen LogP contribution in [0.15, 0.2) is 16.6 Å². The Kier molecular flexibility index (Phi) is 4.50. The Labute approximate surface area is 133 Å². The van der Waals surface area contributed by atoms with E-state index >= 15 is 0 Å². The first-order valence-corrected chi connectivity index (χ1v) is 7.61. The van der Waals surface area contributed by atoms with Crippen molar-refractivity contribution in [2.75, 3.05) is 5.32 Å². The van der Waals surface area contributed by atoms with E-state index in [1.807, 2.05) is 0 Å². The molecule has 0 radical (unpaired) electrons. The van der Waals surface area contributed by atoms with Gasteiger partial charge in [-0.3, -0.25) is 4.79 Å². The molecule has 1 heterocycles. The number of carbonyl (C=O) groups is 1. The Bertz CT molecular complexity index is 657. The van der Waals surface area contributed by atoms with E-state index in [0.29, 0.717) is 32.0 Å². The van der Waals surface area contributed by atoms with Gasteiger partial charge in [0.1, 0.15) is 5.00 Å². The summed E-state index contributed by atoms with van der Waals surface area (Å²) >= 11 is 16.7. The highest BCUT2D eigenvalue weighted by atomic mass is 79.9. The molecule has 3 nitrogen and oxygen atoms in total. The molecule has 1 N–H and O–H groups in total. The van der Waals surface area contributed by atoms with E-state index in [-0.39, 0.29) is 5.78 Å². The molecule has 0 spiro atoms. The maximum absolute atomic E-state index is 11.6. The zero-order valence-corrected chi connectivity index (χ0v) is 14.0. The van der Waals surface area contributed by atoms with Gasteiger partial charge in [0.25, 0.3) is 0 Å². The molecular formula is C12H9BrCl2N2OS. The Morgan fingerprint density at radius 3 is 2.68 bits per heavy atom. The molecule has 0 amide bonds. The van der Waals surface area contributed by atoms with Crippen LogP contribution in [-0.4, -0.2) is 10.2 Å². The first-order chi connectivity index (χ1) is 8.91. The summed E-state index contributed by atoms with van der Waals surface area (Å²) in [5.74, 6) is -0.0342. The highest BCUT2D eigenvalue weighted by Crippen LogP contribution is 2.38. The topological polar surface area (TPSA) is 42.0 Å². The number of carbonyl (C=O) groups excluding carboxylic acids is 1. The second kappa shape index (κ2) is 5.79.